The topological polar surface area (TPSA) is 104 Å². The Balaban J connectivity index is 3.30. The molecule has 0 aliphatic heterocycles. The van der Waals surface area contributed by atoms with Gasteiger partial charge in [-0.15, -0.1) is 0 Å². The first kappa shape index (κ1) is 26.9. The van der Waals surface area contributed by atoms with Crippen molar-refractivity contribution >= 4 is 11.9 Å². The Morgan fingerprint density at radius 1 is 0.679 bits per heavy atom. The minimum atomic E-state index is -2.14. The standard InChI is InChI=1S/C22H42O6/c1-18(2)16-14-12-10-8-6-4-3-5-7-9-11-13-15-17-28-22(27)20(24)19(23)21(25)26/h18-20,23-24H,3-17H2,1-2H3,(H,25,26). The van der Waals surface area contributed by atoms with Crippen molar-refractivity contribution in [2.75, 3.05) is 6.61 Å². The lowest BCUT2D eigenvalue weighted by molar-refractivity contribution is -0.169. The monoisotopic (exact) mass is 402 g/mol. The van der Waals surface area contributed by atoms with E-state index in [1.807, 2.05) is 0 Å². The molecule has 0 bridgehead atoms. The van der Waals surface area contributed by atoms with Crippen molar-refractivity contribution in [3.05, 3.63) is 0 Å². The summed E-state index contributed by atoms with van der Waals surface area (Å²) in [5.74, 6) is -1.90. The molecular weight excluding hydrogens is 360 g/mol. The summed E-state index contributed by atoms with van der Waals surface area (Å²) in [6, 6.07) is 0. The van der Waals surface area contributed by atoms with E-state index in [2.05, 4.69) is 13.8 Å². The number of carbonyl (C=O) groups excluding carboxylic acids is 1. The number of carboxylic acids is 1. The molecule has 0 aliphatic carbocycles. The third-order valence-electron chi connectivity index (χ3n) is 4.96. The molecule has 0 aromatic heterocycles. The molecule has 0 amide bonds. The maximum Gasteiger partial charge on any atom is 0.338 e. The highest BCUT2D eigenvalue weighted by molar-refractivity contribution is 5.84. The van der Waals surface area contributed by atoms with Crippen LogP contribution >= 0.6 is 0 Å². The summed E-state index contributed by atoms with van der Waals surface area (Å²) in [5.41, 5.74) is 0. The fourth-order valence-electron chi connectivity index (χ4n) is 3.12. The molecule has 6 nitrogen and oxygen atoms in total. The normalized spacial score (nSPS) is 13.5. The minimum Gasteiger partial charge on any atom is -0.479 e. The molecule has 0 rings (SSSR count). The van der Waals surface area contributed by atoms with Crippen LogP contribution in [0.4, 0.5) is 0 Å². The third kappa shape index (κ3) is 15.9. The molecule has 0 spiro atoms. The van der Waals surface area contributed by atoms with Gasteiger partial charge in [-0.25, -0.2) is 9.59 Å². The number of esters is 1. The predicted molar refractivity (Wildman–Crippen MR) is 110 cm³/mol. The van der Waals surface area contributed by atoms with Gasteiger partial charge in [0.05, 0.1) is 6.61 Å². The highest BCUT2D eigenvalue weighted by Crippen LogP contribution is 2.14. The Kier molecular flexibility index (Phi) is 17.2. The number of aliphatic hydroxyl groups excluding tert-OH is 2. The molecule has 2 unspecified atom stereocenters. The van der Waals surface area contributed by atoms with Gasteiger partial charge in [0.15, 0.2) is 12.2 Å². The average Bonchev–Trinajstić information content (AvgIpc) is 2.65. The lowest BCUT2D eigenvalue weighted by atomic mass is 10.0. The zero-order valence-corrected chi connectivity index (χ0v) is 17.9. The first-order chi connectivity index (χ1) is 13.4. The van der Waals surface area contributed by atoms with Gasteiger partial charge in [-0.05, 0) is 12.3 Å². The van der Waals surface area contributed by atoms with Crippen LogP contribution in [0, 0.1) is 5.92 Å². The van der Waals surface area contributed by atoms with Crippen molar-refractivity contribution in [2.24, 2.45) is 5.92 Å². The predicted octanol–water partition coefficient (Wildman–Crippen LogP) is 4.45. The third-order valence-corrected chi connectivity index (χ3v) is 4.96. The number of unbranched alkanes of at least 4 members (excludes halogenated alkanes) is 12. The van der Waals surface area contributed by atoms with E-state index in [0.29, 0.717) is 6.42 Å². The second-order valence-corrected chi connectivity index (χ2v) is 8.17. The van der Waals surface area contributed by atoms with E-state index in [-0.39, 0.29) is 6.61 Å². The van der Waals surface area contributed by atoms with Gasteiger partial charge in [0, 0.05) is 0 Å². The van der Waals surface area contributed by atoms with E-state index in [9.17, 15) is 14.7 Å². The number of hydrogen-bond acceptors (Lipinski definition) is 5. The molecule has 0 saturated heterocycles. The fourth-order valence-corrected chi connectivity index (χ4v) is 3.12. The van der Waals surface area contributed by atoms with Gasteiger partial charge >= 0.3 is 11.9 Å². The minimum absolute atomic E-state index is 0.138. The van der Waals surface area contributed by atoms with E-state index >= 15 is 0 Å². The van der Waals surface area contributed by atoms with Crippen LogP contribution in [0.25, 0.3) is 0 Å². The Hall–Kier alpha value is -1.14. The van der Waals surface area contributed by atoms with Crippen LogP contribution in [0.1, 0.15) is 104 Å². The Morgan fingerprint density at radius 2 is 1.07 bits per heavy atom. The number of hydrogen-bond donors (Lipinski definition) is 3. The maximum atomic E-state index is 11.4. The molecule has 3 N–H and O–H groups in total. The van der Waals surface area contributed by atoms with Gasteiger partial charge in [-0.2, -0.15) is 0 Å². The molecule has 28 heavy (non-hydrogen) atoms. The van der Waals surface area contributed by atoms with Crippen molar-refractivity contribution in [3.8, 4) is 0 Å². The van der Waals surface area contributed by atoms with Crippen LogP contribution < -0.4 is 0 Å². The van der Waals surface area contributed by atoms with Gasteiger partial charge < -0.3 is 20.1 Å². The summed E-state index contributed by atoms with van der Waals surface area (Å²) in [5, 5.41) is 26.8. The number of carboxylic acid groups (broad SMARTS) is 1. The number of aliphatic carboxylic acids is 1. The highest BCUT2D eigenvalue weighted by atomic mass is 16.5. The lowest BCUT2D eigenvalue weighted by Crippen LogP contribution is -2.40. The van der Waals surface area contributed by atoms with E-state index in [1.54, 1.807) is 0 Å². The van der Waals surface area contributed by atoms with Crippen molar-refractivity contribution < 1.29 is 29.6 Å². The van der Waals surface area contributed by atoms with Crippen LogP contribution in [0.15, 0.2) is 0 Å². The zero-order valence-electron chi connectivity index (χ0n) is 17.9. The number of carbonyl (C=O) groups is 2. The quantitative estimate of drug-likeness (QED) is 0.218. The van der Waals surface area contributed by atoms with Crippen LogP contribution in [-0.4, -0.2) is 46.1 Å². The maximum absolute atomic E-state index is 11.4. The molecule has 0 heterocycles. The van der Waals surface area contributed by atoms with Crippen LogP contribution in [0.5, 0.6) is 0 Å². The Morgan fingerprint density at radius 3 is 1.46 bits per heavy atom. The molecule has 0 aromatic rings. The van der Waals surface area contributed by atoms with E-state index in [1.165, 1.54) is 70.6 Å². The Labute approximate surface area is 170 Å². The molecule has 0 radical (unpaired) electrons. The molecule has 166 valence electrons. The number of rotatable bonds is 19. The van der Waals surface area contributed by atoms with Crippen molar-refractivity contribution in [2.45, 2.75) is 116 Å². The first-order valence-corrected chi connectivity index (χ1v) is 11.1. The summed E-state index contributed by atoms with van der Waals surface area (Å²) in [6.07, 6.45) is 13.1. The van der Waals surface area contributed by atoms with Crippen molar-refractivity contribution in [3.63, 3.8) is 0 Å². The van der Waals surface area contributed by atoms with Crippen LogP contribution in [0.2, 0.25) is 0 Å². The molecule has 0 fully saturated rings. The van der Waals surface area contributed by atoms with Gasteiger partial charge in [-0.3, -0.25) is 0 Å². The molecular formula is C22H42O6. The first-order valence-electron chi connectivity index (χ1n) is 11.1. The summed E-state index contributed by atoms with van der Waals surface area (Å²) in [6.45, 7) is 4.72. The summed E-state index contributed by atoms with van der Waals surface area (Å²) < 4.78 is 4.78. The second-order valence-electron chi connectivity index (χ2n) is 8.17. The van der Waals surface area contributed by atoms with E-state index in [0.717, 1.165) is 18.8 Å². The molecule has 0 aliphatic rings. The zero-order chi connectivity index (χ0) is 21.2. The van der Waals surface area contributed by atoms with Crippen LogP contribution in [0.3, 0.4) is 0 Å². The van der Waals surface area contributed by atoms with Crippen molar-refractivity contribution in [1.82, 2.24) is 0 Å². The molecule has 6 heteroatoms. The Bertz CT molecular complexity index is 396. The van der Waals surface area contributed by atoms with Crippen molar-refractivity contribution in [1.29, 1.82) is 0 Å². The van der Waals surface area contributed by atoms with E-state index in [4.69, 9.17) is 14.9 Å². The lowest BCUT2D eigenvalue weighted by Gasteiger charge is -2.13. The number of aliphatic hydroxyl groups is 2. The molecule has 2 atom stereocenters. The van der Waals surface area contributed by atoms with Gasteiger partial charge in [-0.1, -0.05) is 97.3 Å². The smallest absolute Gasteiger partial charge is 0.338 e. The summed E-state index contributed by atoms with van der Waals surface area (Å²) in [4.78, 5) is 21.8. The average molecular weight is 403 g/mol. The van der Waals surface area contributed by atoms with Gasteiger partial charge in [0.25, 0.3) is 0 Å². The van der Waals surface area contributed by atoms with E-state index < -0.39 is 24.1 Å². The van der Waals surface area contributed by atoms with Crippen LogP contribution in [-0.2, 0) is 14.3 Å². The summed E-state index contributed by atoms with van der Waals surface area (Å²) in [7, 11) is 0. The fraction of sp³-hybridized carbons (Fsp3) is 0.909. The summed E-state index contributed by atoms with van der Waals surface area (Å²) >= 11 is 0. The highest BCUT2D eigenvalue weighted by Gasteiger charge is 2.31. The van der Waals surface area contributed by atoms with Gasteiger partial charge in [0.2, 0.25) is 0 Å². The second kappa shape index (κ2) is 17.9. The number of ether oxygens (including phenoxy) is 1. The van der Waals surface area contributed by atoms with Gasteiger partial charge in [0.1, 0.15) is 0 Å². The molecule has 0 saturated carbocycles. The largest absolute Gasteiger partial charge is 0.479 e. The SMILES string of the molecule is CC(C)CCCCCCCCCCCCCCCOC(=O)C(O)C(O)C(=O)O. The molecule has 0 aromatic carbocycles.